The summed E-state index contributed by atoms with van der Waals surface area (Å²) in [5.74, 6) is -0.415. The van der Waals surface area contributed by atoms with Gasteiger partial charge in [0.05, 0.1) is 17.2 Å². The fourth-order valence-electron chi connectivity index (χ4n) is 1.97. The molecule has 118 valence electrons. The first-order valence-corrected chi connectivity index (χ1v) is 7.96. The maximum atomic E-state index is 12.9. The summed E-state index contributed by atoms with van der Waals surface area (Å²) in [4.78, 5) is 16.4. The molecule has 1 heterocycles. The lowest BCUT2D eigenvalue weighted by molar-refractivity contribution is 0.0847. The van der Waals surface area contributed by atoms with Crippen LogP contribution in [0.5, 0.6) is 0 Å². The molecular formula is C16H19FN2O2S. The van der Waals surface area contributed by atoms with E-state index in [-0.39, 0.29) is 17.6 Å². The lowest BCUT2D eigenvalue weighted by Gasteiger charge is -2.20. The lowest BCUT2D eigenvalue weighted by Crippen LogP contribution is -2.37. The highest BCUT2D eigenvalue weighted by atomic mass is 32.1. The Bertz CT molecular complexity index is 640. The highest BCUT2D eigenvalue weighted by molar-refractivity contribution is 7.09. The molecule has 0 aliphatic rings. The number of carbonyl (C=O) groups excluding carboxylic acids is 1. The van der Waals surface area contributed by atoms with Gasteiger partial charge in [-0.1, -0.05) is 26.0 Å². The molecule has 1 aromatic carbocycles. The number of benzene rings is 1. The molecule has 4 nitrogen and oxygen atoms in total. The second kappa shape index (κ2) is 6.98. The smallest absolute Gasteiger partial charge is 0.271 e. The summed E-state index contributed by atoms with van der Waals surface area (Å²) in [5.41, 5.74) is 0.905. The molecule has 0 saturated carbocycles. The van der Waals surface area contributed by atoms with E-state index >= 15 is 0 Å². The molecule has 0 bridgehead atoms. The fraction of sp³-hybridized carbons (Fsp3) is 0.375. The van der Waals surface area contributed by atoms with Crippen molar-refractivity contribution in [2.45, 2.75) is 38.8 Å². The molecule has 22 heavy (non-hydrogen) atoms. The highest BCUT2D eigenvalue weighted by Crippen LogP contribution is 2.20. The van der Waals surface area contributed by atoms with E-state index in [1.165, 1.54) is 35.6 Å². The Balaban J connectivity index is 2.02. The molecule has 0 aliphatic heterocycles. The lowest BCUT2D eigenvalue weighted by atomic mass is 10.0. The van der Waals surface area contributed by atoms with Crippen LogP contribution in [0, 0.1) is 5.82 Å². The van der Waals surface area contributed by atoms with Crippen molar-refractivity contribution in [2.24, 2.45) is 0 Å². The summed E-state index contributed by atoms with van der Waals surface area (Å²) >= 11 is 1.44. The number of halogens is 1. The van der Waals surface area contributed by atoms with Crippen LogP contribution in [0.2, 0.25) is 0 Å². The topological polar surface area (TPSA) is 62.2 Å². The molecular weight excluding hydrogens is 303 g/mol. The van der Waals surface area contributed by atoms with Crippen molar-refractivity contribution < 1.29 is 14.3 Å². The third-order valence-electron chi connectivity index (χ3n) is 3.29. The van der Waals surface area contributed by atoms with E-state index in [2.05, 4.69) is 10.3 Å². The molecule has 2 unspecified atom stereocenters. The molecule has 0 spiro atoms. The zero-order valence-corrected chi connectivity index (χ0v) is 13.5. The Kier molecular flexibility index (Phi) is 5.26. The van der Waals surface area contributed by atoms with Crippen molar-refractivity contribution >= 4 is 17.2 Å². The van der Waals surface area contributed by atoms with Crippen molar-refractivity contribution in [3.05, 3.63) is 51.7 Å². The van der Waals surface area contributed by atoms with Gasteiger partial charge in [-0.3, -0.25) is 4.79 Å². The molecule has 1 aromatic heterocycles. The van der Waals surface area contributed by atoms with Crippen LogP contribution in [0.1, 0.15) is 53.9 Å². The van der Waals surface area contributed by atoms with E-state index in [1.807, 2.05) is 13.8 Å². The first kappa shape index (κ1) is 16.6. The van der Waals surface area contributed by atoms with Crippen LogP contribution in [0.3, 0.4) is 0 Å². The van der Waals surface area contributed by atoms with Crippen molar-refractivity contribution in [2.75, 3.05) is 0 Å². The summed E-state index contributed by atoms with van der Waals surface area (Å²) in [6.07, 6.45) is -0.909. The van der Waals surface area contributed by atoms with Crippen LogP contribution in [-0.4, -0.2) is 22.0 Å². The Morgan fingerprint density at radius 2 is 1.91 bits per heavy atom. The van der Waals surface area contributed by atoms with E-state index in [4.69, 9.17) is 0 Å². The first-order valence-electron chi connectivity index (χ1n) is 7.08. The number of nitrogens with one attached hydrogen (secondary N) is 1. The third kappa shape index (κ3) is 3.90. The van der Waals surface area contributed by atoms with Crippen LogP contribution >= 0.6 is 11.3 Å². The summed E-state index contributed by atoms with van der Waals surface area (Å²) in [5, 5.41) is 15.5. The van der Waals surface area contributed by atoms with E-state index in [1.54, 1.807) is 12.3 Å². The largest absolute Gasteiger partial charge is 0.386 e. The number of rotatable bonds is 5. The van der Waals surface area contributed by atoms with Gasteiger partial charge < -0.3 is 10.4 Å². The number of amides is 1. The number of hydrogen-bond acceptors (Lipinski definition) is 4. The zero-order chi connectivity index (χ0) is 16.3. The molecule has 0 radical (unpaired) electrons. The predicted octanol–water partition coefficient (Wildman–Crippen LogP) is 3.26. The second-order valence-corrected chi connectivity index (χ2v) is 6.37. The minimum Gasteiger partial charge on any atom is -0.386 e. The summed E-state index contributed by atoms with van der Waals surface area (Å²) in [6.45, 7) is 5.73. The van der Waals surface area contributed by atoms with Gasteiger partial charge in [0.2, 0.25) is 0 Å². The van der Waals surface area contributed by atoms with Crippen LogP contribution in [0.25, 0.3) is 0 Å². The van der Waals surface area contributed by atoms with Crippen molar-refractivity contribution in [1.82, 2.24) is 10.3 Å². The average Bonchev–Trinajstić information content (AvgIpc) is 2.97. The van der Waals surface area contributed by atoms with Gasteiger partial charge in [0.1, 0.15) is 11.5 Å². The van der Waals surface area contributed by atoms with E-state index in [0.29, 0.717) is 11.3 Å². The van der Waals surface area contributed by atoms with Crippen molar-refractivity contribution in [3.8, 4) is 0 Å². The number of aliphatic hydroxyl groups is 1. The number of aromatic nitrogens is 1. The van der Waals surface area contributed by atoms with Crippen LogP contribution in [-0.2, 0) is 0 Å². The molecule has 1 amide bonds. The van der Waals surface area contributed by atoms with Crippen molar-refractivity contribution in [3.63, 3.8) is 0 Å². The van der Waals surface area contributed by atoms with Gasteiger partial charge in [-0.2, -0.15) is 0 Å². The van der Waals surface area contributed by atoms with Gasteiger partial charge in [0.15, 0.2) is 0 Å². The van der Waals surface area contributed by atoms with Gasteiger partial charge in [0, 0.05) is 11.3 Å². The molecule has 0 saturated heterocycles. The minimum atomic E-state index is -0.909. The standard InChI is InChI=1S/C16H19FN2O2S/c1-9(2)16-19-13(8-22-16)15(21)18-10(3)14(20)11-4-6-12(17)7-5-11/h4-10,14,20H,1-3H3,(H,18,21). The molecule has 0 aliphatic carbocycles. The van der Waals surface area contributed by atoms with E-state index in [0.717, 1.165) is 5.01 Å². The minimum absolute atomic E-state index is 0.272. The summed E-state index contributed by atoms with van der Waals surface area (Å²) in [6, 6.07) is 5.05. The van der Waals surface area contributed by atoms with E-state index in [9.17, 15) is 14.3 Å². The molecule has 0 fully saturated rings. The average molecular weight is 322 g/mol. The molecule has 2 aromatic rings. The van der Waals surface area contributed by atoms with Gasteiger partial charge in [-0.05, 0) is 24.6 Å². The molecule has 2 atom stereocenters. The Hall–Kier alpha value is -1.79. The van der Waals surface area contributed by atoms with Crippen LogP contribution in [0.4, 0.5) is 4.39 Å². The van der Waals surface area contributed by atoms with Crippen LogP contribution < -0.4 is 5.32 Å². The Morgan fingerprint density at radius 3 is 2.45 bits per heavy atom. The van der Waals surface area contributed by atoms with Gasteiger partial charge in [-0.25, -0.2) is 9.37 Å². The normalized spacial score (nSPS) is 13.9. The highest BCUT2D eigenvalue weighted by Gasteiger charge is 2.20. The van der Waals surface area contributed by atoms with Crippen LogP contribution in [0.15, 0.2) is 29.6 Å². The third-order valence-corrected chi connectivity index (χ3v) is 4.44. The number of carbonyl (C=O) groups is 1. The van der Waals surface area contributed by atoms with Gasteiger partial charge in [-0.15, -0.1) is 11.3 Å². The number of thiazole rings is 1. The number of hydrogen-bond donors (Lipinski definition) is 2. The number of nitrogens with zero attached hydrogens (tertiary/aromatic N) is 1. The second-order valence-electron chi connectivity index (χ2n) is 5.48. The van der Waals surface area contributed by atoms with Gasteiger partial charge >= 0.3 is 0 Å². The predicted molar refractivity (Wildman–Crippen MR) is 84.5 cm³/mol. The first-order chi connectivity index (χ1) is 10.4. The number of aliphatic hydroxyl groups excluding tert-OH is 1. The quantitative estimate of drug-likeness (QED) is 0.888. The Morgan fingerprint density at radius 1 is 1.27 bits per heavy atom. The Labute approximate surface area is 133 Å². The fourth-order valence-corrected chi connectivity index (χ4v) is 2.78. The van der Waals surface area contributed by atoms with E-state index < -0.39 is 12.1 Å². The van der Waals surface area contributed by atoms with Crippen molar-refractivity contribution in [1.29, 1.82) is 0 Å². The maximum Gasteiger partial charge on any atom is 0.271 e. The maximum absolute atomic E-state index is 12.9. The zero-order valence-electron chi connectivity index (χ0n) is 12.7. The molecule has 2 N–H and O–H groups in total. The molecule has 6 heteroatoms. The summed E-state index contributed by atoms with van der Waals surface area (Å²) in [7, 11) is 0. The SMILES string of the molecule is CC(C)c1nc(C(=O)NC(C)C(O)c2ccc(F)cc2)cs1. The summed E-state index contributed by atoms with van der Waals surface area (Å²) < 4.78 is 12.9. The molecule has 2 rings (SSSR count). The van der Waals surface area contributed by atoms with Gasteiger partial charge in [0.25, 0.3) is 5.91 Å². The monoisotopic (exact) mass is 322 g/mol.